The third-order valence-corrected chi connectivity index (χ3v) is 6.06. The molecule has 1 unspecified atom stereocenters. The molecule has 0 radical (unpaired) electrons. The van der Waals surface area contributed by atoms with E-state index in [9.17, 15) is 4.57 Å². The Kier molecular flexibility index (Phi) is 3.63. The van der Waals surface area contributed by atoms with E-state index in [1.807, 2.05) is 24.3 Å². The van der Waals surface area contributed by atoms with Gasteiger partial charge in [0.1, 0.15) is 5.75 Å². The Labute approximate surface area is 99.8 Å². The van der Waals surface area contributed by atoms with Gasteiger partial charge in [0, 0.05) is 11.3 Å². The van der Waals surface area contributed by atoms with Crippen LogP contribution in [0.15, 0.2) is 24.3 Å². The van der Waals surface area contributed by atoms with Gasteiger partial charge in [0.2, 0.25) is 0 Å². The van der Waals surface area contributed by atoms with Gasteiger partial charge in [-0.1, -0.05) is 32.0 Å². The molecule has 1 aliphatic rings. The average Bonchev–Trinajstić information content (AvgIpc) is 2.26. The number of hydrogen-bond acceptors (Lipinski definition) is 4. The van der Waals surface area contributed by atoms with Gasteiger partial charge in [0.25, 0.3) is 0 Å². The monoisotopic (exact) mass is 258 g/mol. The number of hydrogen-bond donors (Lipinski definition) is 0. The molecule has 3 nitrogen and oxygen atoms in total. The minimum Gasteiger partial charge on any atom is -0.417 e. The van der Waals surface area contributed by atoms with E-state index in [1.54, 1.807) is 0 Å². The van der Waals surface area contributed by atoms with Crippen LogP contribution >= 0.6 is 18.2 Å². The molecule has 0 saturated heterocycles. The van der Waals surface area contributed by atoms with E-state index in [-0.39, 0.29) is 0 Å². The van der Waals surface area contributed by atoms with Crippen LogP contribution in [0.25, 0.3) is 0 Å². The van der Waals surface area contributed by atoms with Gasteiger partial charge in [-0.25, -0.2) is 4.57 Å². The van der Waals surface area contributed by atoms with Crippen LogP contribution in [0.2, 0.25) is 0 Å². The fourth-order valence-electron chi connectivity index (χ4n) is 1.31. The maximum atomic E-state index is 12.2. The van der Waals surface area contributed by atoms with Crippen LogP contribution in [0.1, 0.15) is 19.4 Å². The molecule has 0 amide bonds. The highest BCUT2D eigenvalue weighted by Gasteiger charge is 2.32. The summed E-state index contributed by atoms with van der Waals surface area (Å²) in [6.07, 6.45) is 0. The highest BCUT2D eigenvalue weighted by Crippen LogP contribution is 2.63. The Morgan fingerprint density at radius 1 is 1.44 bits per heavy atom. The predicted molar refractivity (Wildman–Crippen MR) is 66.8 cm³/mol. The van der Waals surface area contributed by atoms with Crippen LogP contribution in [0.4, 0.5) is 0 Å². The zero-order valence-electron chi connectivity index (χ0n) is 9.38. The molecule has 1 aromatic rings. The van der Waals surface area contributed by atoms with Gasteiger partial charge >= 0.3 is 6.80 Å². The number of fused-ring (bicyclic) bond motifs is 1. The van der Waals surface area contributed by atoms with Gasteiger partial charge in [-0.3, -0.25) is 4.52 Å². The Bertz CT molecular complexity index is 419. The first kappa shape index (κ1) is 12.0. The van der Waals surface area contributed by atoms with E-state index < -0.39 is 6.80 Å². The van der Waals surface area contributed by atoms with Crippen molar-refractivity contribution in [3.8, 4) is 5.75 Å². The zero-order valence-corrected chi connectivity index (χ0v) is 11.1. The van der Waals surface area contributed by atoms with E-state index in [4.69, 9.17) is 9.05 Å². The van der Waals surface area contributed by atoms with Crippen LogP contribution in [0.5, 0.6) is 5.75 Å². The molecule has 5 heteroatoms. The minimum absolute atomic E-state index is 0.374. The summed E-state index contributed by atoms with van der Waals surface area (Å²) in [6, 6.07) is 7.55. The molecule has 1 atom stereocenters. The average molecular weight is 258 g/mol. The molecule has 0 aliphatic carbocycles. The van der Waals surface area contributed by atoms with Crippen LogP contribution in [0, 0.1) is 5.92 Å². The molecule has 1 aliphatic heterocycles. The van der Waals surface area contributed by atoms with Crippen LogP contribution in [-0.4, -0.2) is 5.75 Å². The summed E-state index contributed by atoms with van der Waals surface area (Å²) < 4.78 is 23.0. The summed E-state index contributed by atoms with van der Waals surface area (Å²) in [5.74, 6) is 1.94. The van der Waals surface area contributed by atoms with Crippen LogP contribution in [0.3, 0.4) is 0 Å². The number of benzene rings is 1. The molecule has 2 rings (SSSR count). The fraction of sp³-hybridized carbons (Fsp3) is 0.455. The molecule has 0 fully saturated rings. The molecular weight excluding hydrogens is 243 g/mol. The Balaban J connectivity index is 2.09. The van der Waals surface area contributed by atoms with Gasteiger partial charge in [0.05, 0.1) is 6.61 Å². The zero-order chi connectivity index (χ0) is 11.6. The van der Waals surface area contributed by atoms with E-state index in [0.29, 0.717) is 18.3 Å². The standard InChI is InChI=1S/C11H15O3PS/c1-9(2)8-16-15(12)13-7-10-5-3-4-6-11(10)14-15/h3-6,9H,7-8H2,1-2H3. The predicted octanol–water partition coefficient (Wildman–Crippen LogP) is 4.09. The van der Waals surface area contributed by atoms with Crippen molar-refractivity contribution in [2.75, 3.05) is 5.75 Å². The van der Waals surface area contributed by atoms with Crippen LogP contribution in [-0.2, 0) is 15.7 Å². The van der Waals surface area contributed by atoms with Gasteiger partial charge in [-0.2, -0.15) is 0 Å². The SMILES string of the molecule is CC(C)CSP1(=O)OCc2ccccc2O1. The van der Waals surface area contributed by atoms with Crippen molar-refractivity contribution in [2.24, 2.45) is 5.92 Å². The maximum Gasteiger partial charge on any atom is 0.440 e. The molecule has 88 valence electrons. The normalized spacial score (nSPS) is 23.9. The minimum atomic E-state index is -2.98. The molecule has 0 saturated carbocycles. The van der Waals surface area contributed by atoms with Crippen molar-refractivity contribution < 1.29 is 13.6 Å². The Morgan fingerprint density at radius 3 is 2.94 bits per heavy atom. The van der Waals surface area contributed by atoms with Crippen molar-refractivity contribution in [1.29, 1.82) is 0 Å². The number of para-hydroxylation sites is 1. The van der Waals surface area contributed by atoms with Gasteiger partial charge < -0.3 is 4.52 Å². The third-order valence-electron chi connectivity index (χ3n) is 2.13. The van der Waals surface area contributed by atoms with E-state index in [0.717, 1.165) is 11.3 Å². The summed E-state index contributed by atoms with van der Waals surface area (Å²) in [6.45, 7) is 1.55. The van der Waals surface area contributed by atoms with Crippen molar-refractivity contribution in [3.63, 3.8) is 0 Å². The van der Waals surface area contributed by atoms with Crippen molar-refractivity contribution in [1.82, 2.24) is 0 Å². The van der Waals surface area contributed by atoms with Gasteiger partial charge in [-0.05, 0) is 23.4 Å². The quantitative estimate of drug-likeness (QED) is 0.765. The summed E-state index contributed by atoms with van der Waals surface area (Å²) in [7, 11) is 0. The van der Waals surface area contributed by atoms with E-state index in [1.165, 1.54) is 11.4 Å². The van der Waals surface area contributed by atoms with Crippen molar-refractivity contribution in [2.45, 2.75) is 20.5 Å². The molecule has 0 bridgehead atoms. The first-order valence-electron chi connectivity index (χ1n) is 5.26. The second kappa shape index (κ2) is 4.82. The Morgan fingerprint density at radius 2 is 2.19 bits per heavy atom. The molecule has 0 N–H and O–H groups in total. The molecular formula is C11H15O3PS. The fourth-order valence-corrected chi connectivity index (χ4v) is 4.91. The lowest BCUT2D eigenvalue weighted by Crippen LogP contribution is -2.06. The molecule has 1 heterocycles. The summed E-state index contributed by atoms with van der Waals surface area (Å²) in [5.41, 5.74) is 0.958. The second-order valence-electron chi connectivity index (χ2n) is 4.11. The lowest BCUT2D eigenvalue weighted by Gasteiger charge is -2.25. The summed E-state index contributed by atoms with van der Waals surface area (Å²) >= 11 is 1.28. The largest absolute Gasteiger partial charge is 0.440 e. The Hall–Kier alpha value is -0.440. The highest BCUT2D eigenvalue weighted by molar-refractivity contribution is 8.55. The molecule has 1 aromatic carbocycles. The van der Waals surface area contributed by atoms with Crippen molar-refractivity contribution in [3.05, 3.63) is 29.8 Å². The van der Waals surface area contributed by atoms with E-state index in [2.05, 4.69) is 13.8 Å². The molecule has 16 heavy (non-hydrogen) atoms. The lowest BCUT2D eigenvalue weighted by molar-refractivity contribution is 0.247. The lowest BCUT2D eigenvalue weighted by atomic mass is 10.2. The van der Waals surface area contributed by atoms with Gasteiger partial charge in [0.15, 0.2) is 0 Å². The van der Waals surface area contributed by atoms with E-state index >= 15 is 0 Å². The topological polar surface area (TPSA) is 35.5 Å². The van der Waals surface area contributed by atoms with Crippen molar-refractivity contribution >= 4 is 18.2 Å². The molecule has 0 aromatic heterocycles. The van der Waals surface area contributed by atoms with Gasteiger partial charge in [-0.15, -0.1) is 0 Å². The second-order valence-corrected chi connectivity index (χ2v) is 8.15. The first-order valence-corrected chi connectivity index (χ1v) is 8.39. The highest BCUT2D eigenvalue weighted by atomic mass is 32.7. The van der Waals surface area contributed by atoms with Crippen LogP contribution < -0.4 is 4.52 Å². The first-order chi connectivity index (χ1) is 7.59. The third kappa shape index (κ3) is 2.82. The molecule has 0 spiro atoms. The smallest absolute Gasteiger partial charge is 0.417 e. The summed E-state index contributed by atoms with van der Waals surface area (Å²) in [4.78, 5) is 0. The maximum absolute atomic E-state index is 12.2. The number of rotatable bonds is 3. The summed E-state index contributed by atoms with van der Waals surface area (Å²) in [5, 5.41) is 0.